The van der Waals surface area contributed by atoms with Gasteiger partial charge in [0, 0.05) is 25.6 Å². The lowest BCUT2D eigenvalue weighted by molar-refractivity contribution is -0.00701. The summed E-state index contributed by atoms with van der Waals surface area (Å²) in [4.78, 5) is 17.0. The minimum absolute atomic E-state index is 0.0187. The summed E-state index contributed by atoms with van der Waals surface area (Å²) in [7, 11) is 1.87. The molecule has 1 saturated heterocycles. The fraction of sp³-hybridized carbons (Fsp3) is 0.765. The number of fused-ring (bicyclic) bond motifs is 1. The summed E-state index contributed by atoms with van der Waals surface area (Å²) < 4.78 is 5.79. The first-order chi connectivity index (χ1) is 11.1. The van der Waals surface area contributed by atoms with Crippen LogP contribution in [0.15, 0.2) is 0 Å². The van der Waals surface area contributed by atoms with Crippen molar-refractivity contribution in [1.29, 1.82) is 0 Å². The molecule has 2 aliphatic rings. The summed E-state index contributed by atoms with van der Waals surface area (Å²) in [6, 6.07) is 0. The predicted molar refractivity (Wildman–Crippen MR) is 88.5 cm³/mol. The molecule has 6 nitrogen and oxygen atoms in total. The van der Waals surface area contributed by atoms with Crippen molar-refractivity contribution in [2.45, 2.75) is 51.7 Å². The zero-order valence-corrected chi connectivity index (χ0v) is 14.5. The van der Waals surface area contributed by atoms with Crippen LogP contribution in [0.3, 0.4) is 0 Å². The van der Waals surface area contributed by atoms with E-state index in [1.54, 1.807) is 4.90 Å². The van der Waals surface area contributed by atoms with Gasteiger partial charge in [0.2, 0.25) is 0 Å². The Bertz CT molecular complexity index is 551. The number of H-pyrrole nitrogens is 1. The second-order valence-corrected chi connectivity index (χ2v) is 6.89. The van der Waals surface area contributed by atoms with Crippen molar-refractivity contribution in [1.82, 2.24) is 20.0 Å². The topological polar surface area (TPSA) is 61.5 Å². The number of nitrogens with one attached hydrogen (secondary N) is 1. The van der Waals surface area contributed by atoms with Gasteiger partial charge >= 0.3 is 0 Å². The van der Waals surface area contributed by atoms with Crippen LogP contribution in [0, 0.1) is 0 Å². The molecule has 2 aliphatic heterocycles. The number of rotatable bonds is 5. The Balaban J connectivity index is 1.59. The first-order valence-corrected chi connectivity index (χ1v) is 8.76. The second kappa shape index (κ2) is 7.01. The van der Waals surface area contributed by atoms with Crippen LogP contribution < -0.4 is 0 Å². The van der Waals surface area contributed by atoms with Crippen molar-refractivity contribution in [3.05, 3.63) is 17.0 Å². The van der Waals surface area contributed by atoms with Gasteiger partial charge in [-0.05, 0) is 52.7 Å². The maximum absolute atomic E-state index is 12.7. The van der Waals surface area contributed by atoms with Crippen LogP contribution in [0.5, 0.6) is 0 Å². The van der Waals surface area contributed by atoms with E-state index in [0.717, 1.165) is 37.2 Å². The number of likely N-dealkylation sites (tertiary alicyclic amines) is 1. The van der Waals surface area contributed by atoms with Crippen LogP contribution in [0.4, 0.5) is 0 Å². The highest BCUT2D eigenvalue weighted by atomic mass is 16.5. The Morgan fingerprint density at radius 3 is 2.87 bits per heavy atom. The molecule has 0 aromatic carbocycles. The molecule has 1 amide bonds. The maximum atomic E-state index is 12.7. The third kappa shape index (κ3) is 3.58. The molecule has 0 unspecified atom stereocenters. The highest BCUT2D eigenvalue weighted by molar-refractivity contribution is 5.94. The standard InChI is InChI=1S/C17H28N4O2/c1-12-11-14-15(13(2)23-12)18-19-16(14)17(22)20(3)7-6-10-21-8-4-5-9-21/h12-13H,4-11H2,1-3H3,(H,18,19)/t12-,13+/m1/s1. The molecule has 2 atom stereocenters. The van der Waals surface area contributed by atoms with E-state index in [1.165, 1.54) is 25.9 Å². The van der Waals surface area contributed by atoms with Crippen LogP contribution >= 0.6 is 0 Å². The van der Waals surface area contributed by atoms with Crippen molar-refractivity contribution in [3.8, 4) is 0 Å². The van der Waals surface area contributed by atoms with Gasteiger partial charge in [0.1, 0.15) is 0 Å². The third-order valence-corrected chi connectivity index (χ3v) is 4.95. The van der Waals surface area contributed by atoms with Gasteiger partial charge in [0.15, 0.2) is 5.69 Å². The number of hydrogen-bond acceptors (Lipinski definition) is 4. The lowest BCUT2D eigenvalue weighted by atomic mass is 9.99. The third-order valence-electron chi connectivity index (χ3n) is 4.95. The van der Waals surface area contributed by atoms with E-state index in [0.29, 0.717) is 5.69 Å². The van der Waals surface area contributed by atoms with Crippen molar-refractivity contribution >= 4 is 5.91 Å². The molecular formula is C17H28N4O2. The molecular weight excluding hydrogens is 292 g/mol. The fourth-order valence-electron chi connectivity index (χ4n) is 3.67. The molecule has 3 rings (SSSR count). The van der Waals surface area contributed by atoms with Gasteiger partial charge in [-0.15, -0.1) is 0 Å². The number of hydrogen-bond donors (Lipinski definition) is 1. The Labute approximate surface area is 138 Å². The molecule has 3 heterocycles. The van der Waals surface area contributed by atoms with Gasteiger partial charge in [0.05, 0.1) is 17.9 Å². The first kappa shape index (κ1) is 16.5. The van der Waals surface area contributed by atoms with Crippen LogP contribution in [-0.2, 0) is 11.2 Å². The number of nitrogens with zero attached hydrogens (tertiary/aromatic N) is 3. The highest BCUT2D eigenvalue weighted by Crippen LogP contribution is 2.30. The molecule has 1 N–H and O–H groups in total. The quantitative estimate of drug-likeness (QED) is 0.901. The molecule has 23 heavy (non-hydrogen) atoms. The van der Waals surface area contributed by atoms with E-state index in [4.69, 9.17) is 4.74 Å². The Hall–Kier alpha value is -1.40. The summed E-state index contributed by atoms with van der Waals surface area (Å²) in [5, 5.41) is 7.29. The van der Waals surface area contributed by atoms with E-state index in [2.05, 4.69) is 15.1 Å². The molecule has 1 aromatic heterocycles. The van der Waals surface area contributed by atoms with Gasteiger partial charge in [-0.2, -0.15) is 5.10 Å². The highest BCUT2D eigenvalue weighted by Gasteiger charge is 2.30. The van der Waals surface area contributed by atoms with Gasteiger partial charge in [0.25, 0.3) is 5.91 Å². The van der Waals surface area contributed by atoms with Crippen LogP contribution in [0.1, 0.15) is 61.0 Å². The number of carbonyl (C=O) groups is 1. The Morgan fingerprint density at radius 1 is 1.39 bits per heavy atom. The normalized spacial score (nSPS) is 24.7. The van der Waals surface area contributed by atoms with Crippen molar-refractivity contribution in [3.63, 3.8) is 0 Å². The average Bonchev–Trinajstić information content (AvgIpc) is 3.15. The first-order valence-electron chi connectivity index (χ1n) is 8.76. The molecule has 0 spiro atoms. The number of ether oxygens (including phenoxy) is 1. The van der Waals surface area contributed by atoms with Gasteiger partial charge in [-0.3, -0.25) is 9.89 Å². The fourth-order valence-corrected chi connectivity index (χ4v) is 3.67. The monoisotopic (exact) mass is 320 g/mol. The van der Waals surface area contributed by atoms with Crippen LogP contribution in [0.25, 0.3) is 0 Å². The molecule has 0 radical (unpaired) electrons. The molecule has 0 saturated carbocycles. The molecule has 0 aliphatic carbocycles. The summed E-state index contributed by atoms with van der Waals surface area (Å²) in [5.41, 5.74) is 2.57. The summed E-state index contributed by atoms with van der Waals surface area (Å²) in [6.07, 6.45) is 4.49. The average molecular weight is 320 g/mol. The molecule has 6 heteroatoms. The van der Waals surface area contributed by atoms with Gasteiger partial charge in [-0.25, -0.2) is 0 Å². The van der Waals surface area contributed by atoms with E-state index >= 15 is 0 Å². The lowest BCUT2D eigenvalue weighted by Gasteiger charge is -2.26. The Morgan fingerprint density at radius 2 is 2.13 bits per heavy atom. The molecule has 1 fully saturated rings. The maximum Gasteiger partial charge on any atom is 0.274 e. The smallest absolute Gasteiger partial charge is 0.274 e. The van der Waals surface area contributed by atoms with E-state index < -0.39 is 0 Å². The van der Waals surface area contributed by atoms with E-state index in [9.17, 15) is 4.79 Å². The number of aromatic nitrogens is 2. The summed E-state index contributed by atoms with van der Waals surface area (Å²) in [5.74, 6) is 0.0187. The zero-order valence-electron chi connectivity index (χ0n) is 14.5. The largest absolute Gasteiger partial charge is 0.369 e. The molecule has 0 bridgehead atoms. The Kier molecular flexibility index (Phi) is 5.02. The second-order valence-electron chi connectivity index (χ2n) is 6.89. The molecule has 1 aromatic rings. The van der Waals surface area contributed by atoms with Gasteiger partial charge < -0.3 is 14.5 Å². The summed E-state index contributed by atoms with van der Waals surface area (Å²) >= 11 is 0. The SMILES string of the molecule is C[C@@H]1Cc2c(C(=O)N(C)CCCN3CCCC3)n[nH]c2[C@H](C)O1. The van der Waals surface area contributed by atoms with Crippen molar-refractivity contribution in [2.24, 2.45) is 0 Å². The van der Waals surface area contributed by atoms with Crippen LogP contribution in [-0.4, -0.2) is 65.2 Å². The van der Waals surface area contributed by atoms with Gasteiger partial charge in [-0.1, -0.05) is 0 Å². The number of aromatic amines is 1. The minimum Gasteiger partial charge on any atom is -0.369 e. The summed E-state index contributed by atoms with van der Waals surface area (Å²) in [6.45, 7) is 8.32. The minimum atomic E-state index is -0.0247. The zero-order chi connectivity index (χ0) is 16.4. The van der Waals surface area contributed by atoms with E-state index in [1.807, 2.05) is 20.9 Å². The lowest BCUT2D eigenvalue weighted by Crippen LogP contribution is -2.32. The predicted octanol–water partition coefficient (Wildman–Crippen LogP) is 1.99. The number of amides is 1. The van der Waals surface area contributed by atoms with Crippen LogP contribution in [0.2, 0.25) is 0 Å². The van der Waals surface area contributed by atoms with E-state index in [-0.39, 0.29) is 18.1 Å². The van der Waals surface area contributed by atoms with Crippen molar-refractivity contribution < 1.29 is 9.53 Å². The molecule has 128 valence electrons. The number of carbonyl (C=O) groups excluding carboxylic acids is 1. The van der Waals surface area contributed by atoms with Crippen molar-refractivity contribution in [2.75, 3.05) is 33.2 Å².